The Balaban J connectivity index is 2.29. The zero-order valence-corrected chi connectivity index (χ0v) is 11.7. The van der Waals surface area contributed by atoms with Crippen LogP contribution in [0.1, 0.15) is 27.0 Å². The molecular formula is C14H12N2O4S. The lowest BCUT2D eigenvalue weighted by atomic mass is 9.84. The van der Waals surface area contributed by atoms with Crippen molar-refractivity contribution in [3.8, 4) is 0 Å². The Bertz CT molecular complexity index is 859. The van der Waals surface area contributed by atoms with E-state index in [0.29, 0.717) is 28.8 Å². The molecule has 4 N–H and O–H groups in total. The molecule has 0 saturated carbocycles. The van der Waals surface area contributed by atoms with Crippen LogP contribution in [0.4, 0.5) is 5.69 Å². The van der Waals surface area contributed by atoms with Crippen LogP contribution in [0.15, 0.2) is 41.3 Å². The number of rotatable bonds is 2. The van der Waals surface area contributed by atoms with Gasteiger partial charge < -0.3 is 5.73 Å². The predicted molar refractivity (Wildman–Crippen MR) is 76.0 cm³/mol. The van der Waals surface area contributed by atoms with Gasteiger partial charge in [0.25, 0.3) is 0 Å². The van der Waals surface area contributed by atoms with E-state index < -0.39 is 15.9 Å². The fourth-order valence-corrected chi connectivity index (χ4v) is 3.40. The summed E-state index contributed by atoms with van der Waals surface area (Å²) in [4.78, 5) is 12.4. The number of carbonyl (C=O) groups is 1. The van der Waals surface area contributed by atoms with Crippen molar-refractivity contribution in [3.05, 3.63) is 58.7 Å². The topological polar surface area (TPSA) is 112 Å². The van der Waals surface area contributed by atoms with E-state index in [-0.39, 0.29) is 10.5 Å². The standard InChI is InChI=1S/C14H12N2O4S/c15-11-5-2-4-9-10(11)7-8-3-1-6-12(13(8)14(9)17)21(18,19)20-16/h1-6H,7,15-16H2. The maximum absolute atomic E-state index is 12.6. The Morgan fingerprint density at radius 2 is 1.81 bits per heavy atom. The molecule has 108 valence electrons. The van der Waals surface area contributed by atoms with Gasteiger partial charge in [-0.2, -0.15) is 18.6 Å². The molecule has 0 spiro atoms. The number of nitrogens with two attached hydrogens (primary N) is 2. The minimum absolute atomic E-state index is 0.0982. The summed E-state index contributed by atoms with van der Waals surface area (Å²) in [6.07, 6.45) is 0.386. The summed E-state index contributed by atoms with van der Waals surface area (Å²) in [5.41, 5.74) is 8.20. The van der Waals surface area contributed by atoms with E-state index in [9.17, 15) is 13.2 Å². The zero-order valence-electron chi connectivity index (χ0n) is 10.9. The third-order valence-electron chi connectivity index (χ3n) is 3.56. The molecule has 7 heteroatoms. The molecule has 3 rings (SSSR count). The third kappa shape index (κ3) is 2.02. The van der Waals surface area contributed by atoms with Gasteiger partial charge in [0.05, 0.1) is 0 Å². The van der Waals surface area contributed by atoms with Crippen molar-refractivity contribution < 1.29 is 17.5 Å². The SMILES string of the molecule is NOS(=O)(=O)c1cccc2c1C(=O)c1cccc(N)c1C2. The summed E-state index contributed by atoms with van der Waals surface area (Å²) in [6.45, 7) is 0. The average Bonchev–Trinajstić information content (AvgIpc) is 2.48. The van der Waals surface area contributed by atoms with E-state index in [2.05, 4.69) is 4.28 Å². The summed E-state index contributed by atoms with van der Waals surface area (Å²) < 4.78 is 27.8. The predicted octanol–water partition coefficient (Wildman–Crippen LogP) is 0.983. The minimum atomic E-state index is -4.16. The van der Waals surface area contributed by atoms with Gasteiger partial charge in [0, 0.05) is 23.2 Å². The lowest BCUT2D eigenvalue weighted by Crippen LogP contribution is -2.22. The molecule has 0 aromatic heterocycles. The third-order valence-corrected chi connectivity index (χ3v) is 4.69. The number of nitrogen functional groups attached to an aromatic ring is 1. The molecule has 2 aromatic rings. The molecule has 0 saturated heterocycles. The lowest BCUT2D eigenvalue weighted by Gasteiger charge is -2.21. The van der Waals surface area contributed by atoms with Crippen molar-refractivity contribution >= 4 is 21.6 Å². The highest BCUT2D eigenvalue weighted by atomic mass is 32.2. The van der Waals surface area contributed by atoms with Gasteiger partial charge in [0.2, 0.25) is 0 Å². The first kappa shape index (κ1) is 13.7. The van der Waals surface area contributed by atoms with E-state index in [1.54, 1.807) is 30.3 Å². The van der Waals surface area contributed by atoms with Crippen molar-refractivity contribution in [1.29, 1.82) is 0 Å². The smallest absolute Gasteiger partial charge is 0.313 e. The van der Waals surface area contributed by atoms with Crippen LogP contribution in [0, 0.1) is 0 Å². The summed E-state index contributed by atoms with van der Waals surface area (Å²) in [5.74, 6) is 4.42. The first-order valence-corrected chi connectivity index (χ1v) is 7.54. The van der Waals surface area contributed by atoms with Crippen LogP contribution < -0.4 is 11.6 Å². The van der Waals surface area contributed by atoms with Crippen LogP contribution in [0.3, 0.4) is 0 Å². The fourth-order valence-electron chi connectivity index (χ4n) is 2.58. The first-order valence-electron chi connectivity index (χ1n) is 6.13. The highest BCUT2D eigenvalue weighted by Gasteiger charge is 2.31. The molecule has 0 radical (unpaired) electrons. The minimum Gasteiger partial charge on any atom is -0.398 e. The number of anilines is 1. The molecule has 0 fully saturated rings. The van der Waals surface area contributed by atoms with E-state index in [4.69, 9.17) is 11.6 Å². The van der Waals surface area contributed by atoms with E-state index in [0.717, 1.165) is 0 Å². The molecule has 21 heavy (non-hydrogen) atoms. The number of benzene rings is 2. The second-order valence-corrected chi connectivity index (χ2v) is 6.26. The lowest BCUT2D eigenvalue weighted by molar-refractivity contribution is 0.103. The molecule has 1 aliphatic carbocycles. The van der Waals surface area contributed by atoms with Gasteiger partial charge in [-0.15, -0.1) is 0 Å². The van der Waals surface area contributed by atoms with Crippen molar-refractivity contribution in [2.45, 2.75) is 11.3 Å². The van der Waals surface area contributed by atoms with E-state index in [1.807, 2.05) is 0 Å². The largest absolute Gasteiger partial charge is 0.398 e. The second kappa shape index (κ2) is 4.66. The number of hydrogen-bond donors (Lipinski definition) is 2. The zero-order chi connectivity index (χ0) is 15.2. The van der Waals surface area contributed by atoms with Crippen LogP contribution >= 0.6 is 0 Å². The van der Waals surface area contributed by atoms with Crippen molar-refractivity contribution in [1.82, 2.24) is 0 Å². The number of hydrogen-bond acceptors (Lipinski definition) is 6. The van der Waals surface area contributed by atoms with Gasteiger partial charge in [-0.1, -0.05) is 24.3 Å². The van der Waals surface area contributed by atoms with Gasteiger partial charge in [0.15, 0.2) is 5.78 Å². The highest BCUT2D eigenvalue weighted by Crippen LogP contribution is 2.34. The normalized spacial score (nSPS) is 13.7. The van der Waals surface area contributed by atoms with Crippen LogP contribution in [0.25, 0.3) is 0 Å². The van der Waals surface area contributed by atoms with Gasteiger partial charge in [0.1, 0.15) is 4.90 Å². The molecule has 0 amide bonds. The van der Waals surface area contributed by atoms with Crippen LogP contribution in [0.5, 0.6) is 0 Å². The Hall–Kier alpha value is -2.22. The maximum atomic E-state index is 12.6. The van der Waals surface area contributed by atoms with E-state index in [1.165, 1.54) is 6.07 Å². The van der Waals surface area contributed by atoms with E-state index >= 15 is 0 Å². The molecule has 0 unspecified atom stereocenters. The Morgan fingerprint density at radius 1 is 1.10 bits per heavy atom. The Morgan fingerprint density at radius 3 is 2.52 bits per heavy atom. The average molecular weight is 304 g/mol. The Kier molecular flexibility index (Phi) is 3.05. The van der Waals surface area contributed by atoms with Crippen LogP contribution in [-0.4, -0.2) is 14.2 Å². The maximum Gasteiger partial charge on any atom is 0.313 e. The van der Waals surface area contributed by atoms with Crippen LogP contribution in [-0.2, 0) is 20.8 Å². The quantitative estimate of drug-likeness (QED) is 0.539. The molecule has 1 aliphatic rings. The molecule has 0 heterocycles. The monoisotopic (exact) mass is 304 g/mol. The number of carbonyl (C=O) groups excluding carboxylic acids is 1. The second-order valence-electron chi connectivity index (χ2n) is 4.72. The van der Waals surface area contributed by atoms with Crippen molar-refractivity contribution in [3.63, 3.8) is 0 Å². The van der Waals surface area contributed by atoms with Crippen molar-refractivity contribution in [2.24, 2.45) is 5.90 Å². The molecule has 0 bridgehead atoms. The molecule has 0 atom stereocenters. The van der Waals surface area contributed by atoms with Gasteiger partial charge >= 0.3 is 10.1 Å². The number of ketones is 1. The molecular weight excluding hydrogens is 292 g/mol. The summed E-state index contributed by atoms with van der Waals surface area (Å²) in [6, 6.07) is 9.54. The fraction of sp³-hybridized carbons (Fsp3) is 0.0714. The number of fused-ring (bicyclic) bond motifs is 2. The van der Waals surface area contributed by atoms with Crippen LogP contribution in [0.2, 0.25) is 0 Å². The summed E-state index contributed by atoms with van der Waals surface area (Å²) in [7, 11) is -4.16. The van der Waals surface area contributed by atoms with Gasteiger partial charge in [-0.25, -0.2) is 0 Å². The Labute approximate surface area is 121 Å². The molecule has 0 aliphatic heterocycles. The summed E-state index contributed by atoms with van der Waals surface area (Å²) >= 11 is 0. The molecule has 6 nitrogen and oxygen atoms in total. The van der Waals surface area contributed by atoms with Gasteiger partial charge in [-0.3, -0.25) is 4.79 Å². The first-order chi connectivity index (χ1) is 9.95. The highest BCUT2D eigenvalue weighted by molar-refractivity contribution is 7.86. The summed E-state index contributed by atoms with van der Waals surface area (Å²) in [5, 5.41) is 0. The van der Waals surface area contributed by atoms with Crippen molar-refractivity contribution in [2.75, 3.05) is 5.73 Å². The van der Waals surface area contributed by atoms with Gasteiger partial charge in [-0.05, 0) is 23.3 Å². The molecule has 2 aromatic carbocycles.